The number of phenolic OH excluding ortho intramolecular Hbond substituents is 1. The molecule has 0 unspecified atom stereocenters. The van der Waals surface area contributed by atoms with Crippen molar-refractivity contribution in [2.75, 3.05) is 18.0 Å². The van der Waals surface area contributed by atoms with Crippen molar-refractivity contribution in [1.29, 1.82) is 0 Å². The summed E-state index contributed by atoms with van der Waals surface area (Å²) in [6.45, 7) is 10.1. The molecular formula is C38H45N2O6S+. The average molecular weight is 658 g/mol. The highest BCUT2D eigenvalue weighted by Crippen LogP contribution is 2.49. The van der Waals surface area contributed by atoms with Crippen LogP contribution in [-0.4, -0.2) is 52.5 Å². The number of fused-ring (bicyclic) bond motifs is 2. The summed E-state index contributed by atoms with van der Waals surface area (Å²) in [5.74, 6) is -0.534. The van der Waals surface area contributed by atoms with E-state index in [2.05, 4.69) is 79.7 Å². The fourth-order valence-corrected chi connectivity index (χ4v) is 7.50. The van der Waals surface area contributed by atoms with Gasteiger partial charge in [-0.2, -0.15) is 13.0 Å². The molecule has 3 aromatic rings. The Kier molecular flexibility index (Phi) is 9.80. The van der Waals surface area contributed by atoms with Gasteiger partial charge >= 0.3 is 5.97 Å². The molecule has 0 aromatic heterocycles. The predicted molar refractivity (Wildman–Crippen MR) is 186 cm³/mol. The van der Waals surface area contributed by atoms with E-state index in [4.69, 9.17) is 5.11 Å². The summed E-state index contributed by atoms with van der Waals surface area (Å²) in [6, 6.07) is 20.7. The molecule has 0 atom stereocenters. The lowest BCUT2D eigenvalue weighted by molar-refractivity contribution is -0.438. The predicted octanol–water partition coefficient (Wildman–Crippen LogP) is 7.53. The van der Waals surface area contributed by atoms with Crippen LogP contribution in [-0.2, 0) is 32.2 Å². The minimum atomic E-state index is -4.37. The second kappa shape index (κ2) is 13.5. The molecule has 2 aliphatic rings. The van der Waals surface area contributed by atoms with Gasteiger partial charge in [0.25, 0.3) is 10.1 Å². The van der Waals surface area contributed by atoms with Gasteiger partial charge < -0.3 is 15.1 Å². The van der Waals surface area contributed by atoms with Crippen molar-refractivity contribution in [1.82, 2.24) is 0 Å². The van der Waals surface area contributed by atoms with E-state index in [-0.39, 0.29) is 22.5 Å². The molecule has 2 aliphatic heterocycles. The third kappa shape index (κ3) is 7.21. The second-order valence-electron chi connectivity index (χ2n) is 13.5. The molecule has 248 valence electrons. The minimum Gasteiger partial charge on any atom is -0.508 e. The van der Waals surface area contributed by atoms with E-state index in [1.165, 1.54) is 28.6 Å². The Morgan fingerprint density at radius 3 is 2.32 bits per heavy atom. The largest absolute Gasteiger partial charge is 0.508 e. The number of nitrogens with zero attached hydrogens (tertiary/aromatic N) is 2. The standard InChI is InChI=1S/C38H44N2O6S/c1-37(2)30-13-7-8-14-32(30)40(25-11-12-27-18-20-28(41)21-19-27)34(37)15-10-16-35-38(3,4)31-26-29(47(44,45)46)22-23-33(31)39(35)24-9-5-6-17-36(42)43/h7-8,10,13-16,18-23,26H,5-6,9,11-12,17,24-25H2,1-4H3,(H2-,41,42,43,44,45,46)/p+1. The molecule has 3 aromatic carbocycles. The van der Waals surface area contributed by atoms with E-state index >= 15 is 0 Å². The summed E-state index contributed by atoms with van der Waals surface area (Å²) in [5.41, 5.74) is 6.75. The average Bonchev–Trinajstić information content (AvgIpc) is 3.36. The van der Waals surface area contributed by atoms with E-state index in [0.29, 0.717) is 13.0 Å². The van der Waals surface area contributed by atoms with E-state index in [1.54, 1.807) is 24.3 Å². The van der Waals surface area contributed by atoms with Gasteiger partial charge in [0.05, 0.1) is 10.3 Å². The molecule has 0 saturated carbocycles. The fraction of sp³-hybridized carbons (Fsp3) is 0.368. The van der Waals surface area contributed by atoms with Gasteiger partial charge in [-0.25, -0.2) is 0 Å². The lowest BCUT2D eigenvalue weighted by Crippen LogP contribution is -2.28. The summed E-state index contributed by atoms with van der Waals surface area (Å²) in [5, 5.41) is 18.7. The second-order valence-corrected chi connectivity index (χ2v) is 14.9. The summed E-state index contributed by atoms with van der Waals surface area (Å²) in [4.78, 5) is 13.1. The van der Waals surface area contributed by atoms with Crippen LogP contribution in [0.25, 0.3) is 0 Å². The normalized spacial score (nSPS) is 17.5. The number of aromatic hydroxyl groups is 1. The Morgan fingerprint density at radius 2 is 1.62 bits per heavy atom. The lowest BCUT2D eigenvalue weighted by Gasteiger charge is -2.27. The number of aryl methyl sites for hydroxylation is 1. The molecular weight excluding hydrogens is 612 g/mol. The number of benzene rings is 3. The zero-order valence-electron chi connectivity index (χ0n) is 27.6. The number of carboxylic acids is 1. The smallest absolute Gasteiger partial charge is 0.303 e. The number of unbranched alkanes of at least 4 members (excludes halogenated alkanes) is 2. The molecule has 0 aliphatic carbocycles. The zero-order chi connectivity index (χ0) is 34.0. The van der Waals surface area contributed by atoms with Crippen LogP contribution >= 0.6 is 0 Å². The van der Waals surface area contributed by atoms with Gasteiger partial charge in [0.2, 0.25) is 5.69 Å². The number of carboxylic acid groups (broad SMARTS) is 1. The fourth-order valence-electron chi connectivity index (χ4n) is 7.00. The van der Waals surface area contributed by atoms with Crippen LogP contribution in [0.1, 0.15) is 76.5 Å². The molecule has 5 rings (SSSR count). The first kappa shape index (κ1) is 34.1. The zero-order valence-corrected chi connectivity index (χ0v) is 28.4. The van der Waals surface area contributed by atoms with Crippen molar-refractivity contribution in [3.05, 3.63) is 107 Å². The first-order valence-electron chi connectivity index (χ1n) is 16.2. The third-order valence-electron chi connectivity index (χ3n) is 9.52. The number of carbonyl (C=O) groups is 1. The van der Waals surface area contributed by atoms with Gasteiger partial charge in [0, 0.05) is 53.9 Å². The first-order valence-corrected chi connectivity index (χ1v) is 17.7. The van der Waals surface area contributed by atoms with E-state index < -0.39 is 21.5 Å². The molecule has 0 radical (unpaired) electrons. The highest BCUT2D eigenvalue weighted by atomic mass is 32.2. The highest BCUT2D eigenvalue weighted by molar-refractivity contribution is 7.85. The number of anilines is 1. The van der Waals surface area contributed by atoms with Gasteiger partial charge in [-0.05, 0) is 80.6 Å². The van der Waals surface area contributed by atoms with Crippen LogP contribution < -0.4 is 4.90 Å². The van der Waals surface area contributed by atoms with Crippen LogP contribution in [0, 0.1) is 0 Å². The van der Waals surface area contributed by atoms with Crippen molar-refractivity contribution in [3.63, 3.8) is 0 Å². The number of para-hydroxylation sites is 1. The summed E-state index contributed by atoms with van der Waals surface area (Å²) in [6.07, 6.45) is 10.4. The maximum Gasteiger partial charge on any atom is 0.303 e. The molecule has 47 heavy (non-hydrogen) atoms. The van der Waals surface area contributed by atoms with Crippen LogP contribution in [0.5, 0.6) is 5.75 Å². The molecule has 3 N–H and O–H groups in total. The number of allylic oxidation sites excluding steroid dienone is 4. The highest BCUT2D eigenvalue weighted by Gasteiger charge is 2.44. The van der Waals surface area contributed by atoms with E-state index in [0.717, 1.165) is 49.2 Å². The number of rotatable bonds is 13. The van der Waals surface area contributed by atoms with Gasteiger partial charge in [-0.3, -0.25) is 9.35 Å². The van der Waals surface area contributed by atoms with Crippen LogP contribution in [0.2, 0.25) is 0 Å². The van der Waals surface area contributed by atoms with Crippen molar-refractivity contribution in [2.45, 2.75) is 81.9 Å². The quantitative estimate of drug-likeness (QED) is 0.0988. The van der Waals surface area contributed by atoms with E-state index in [1.807, 2.05) is 12.1 Å². The van der Waals surface area contributed by atoms with Crippen molar-refractivity contribution in [2.24, 2.45) is 0 Å². The molecule has 8 nitrogen and oxygen atoms in total. The third-order valence-corrected chi connectivity index (χ3v) is 10.4. The Hall–Kier alpha value is -4.21. The van der Waals surface area contributed by atoms with Gasteiger partial charge in [0.15, 0.2) is 5.71 Å². The summed E-state index contributed by atoms with van der Waals surface area (Å²) in [7, 11) is -4.37. The molecule has 0 saturated heterocycles. The Bertz CT molecular complexity index is 1850. The molecule has 0 spiro atoms. The number of aliphatic carboxylic acids is 1. The molecule has 0 bridgehead atoms. The lowest BCUT2D eigenvalue weighted by atomic mass is 9.81. The Labute approximate surface area is 278 Å². The molecule has 9 heteroatoms. The number of hydrogen-bond donors (Lipinski definition) is 3. The topological polar surface area (TPSA) is 118 Å². The molecule has 0 fully saturated rings. The van der Waals surface area contributed by atoms with Crippen molar-refractivity contribution >= 4 is 33.2 Å². The van der Waals surface area contributed by atoms with Gasteiger partial charge in [-0.1, -0.05) is 56.7 Å². The SMILES string of the molecule is CC1(C)C(/C=C/C=C2/N(CCCCCC(=O)O)c3ccc(S(=O)(=O)O)cc3C2(C)C)=[N+](CCCc2ccc(O)cc2)c2ccccc21. The number of phenols is 1. The van der Waals surface area contributed by atoms with E-state index in [9.17, 15) is 22.9 Å². The molecule has 0 amide bonds. The van der Waals surface area contributed by atoms with Crippen LogP contribution in [0.15, 0.2) is 95.6 Å². The van der Waals surface area contributed by atoms with Gasteiger partial charge in [0.1, 0.15) is 12.3 Å². The number of hydrogen-bond acceptors (Lipinski definition) is 5. The van der Waals surface area contributed by atoms with Crippen molar-refractivity contribution in [3.8, 4) is 5.75 Å². The molecule has 2 heterocycles. The van der Waals surface area contributed by atoms with Crippen LogP contribution in [0.4, 0.5) is 11.4 Å². The maximum absolute atomic E-state index is 12.0. The summed E-state index contributed by atoms with van der Waals surface area (Å²) < 4.78 is 36.2. The maximum atomic E-state index is 12.0. The monoisotopic (exact) mass is 657 g/mol. The van der Waals surface area contributed by atoms with Gasteiger partial charge in [-0.15, -0.1) is 0 Å². The van der Waals surface area contributed by atoms with Crippen molar-refractivity contribution < 1.29 is 32.6 Å². The Morgan fingerprint density at radius 1 is 0.894 bits per heavy atom. The summed E-state index contributed by atoms with van der Waals surface area (Å²) >= 11 is 0. The first-order chi connectivity index (χ1) is 22.2. The minimum absolute atomic E-state index is 0.132. The Balaban J connectivity index is 1.48. The van der Waals surface area contributed by atoms with Crippen LogP contribution in [0.3, 0.4) is 0 Å².